The Hall–Kier alpha value is -0.570. The van der Waals surface area contributed by atoms with Crippen molar-refractivity contribution in [3.8, 4) is 0 Å². The van der Waals surface area contributed by atoms with Crippen molar-refractivity contribution in [3.63, 3.8) is 0 Å². The van der Waals surface area contributed by atoms with Crippen LogP contribution in [0.15, 0.2) is 0 Å². The summed E-state index contributed by atoms with van der Waals surface area (Å²) in [6, 6.07) is 0.0892. The van der Waals surface area contributed by atoms with E-state index in [9.17, 15) is 4.79 Å². The van der Waals surface area contributed by atoms with Gasteiger partial charge in [0, 0.05) is 6.54 Å². The fourth-order valence-electron chi connectivity index (χ4n) is 2.91. The zero-order chi connectivity index (χ0) is 11.2. The smallest absolute Gasteiger partial charge is 0.237 e. The molecule has 1 aliphatic heterocycles. The van der Waals surface area contributed by atoms with Gasteiger partial charge in [-0.3, -0.25) is 4.79 Å². The molecule has 0 radical (unpaired) electrons. The lowest BCUT2D eigenvalue weighted by Gasteiger charge is -2.21. The van der Waals surface area contributed by atoms with E-state index < -0.39 is 0 Å². The van der Waals surface area contributed by atoms with Gasteiger partial charge in [0.15, 0.2) is 0 Å². The van der Waals surface area contributed by atoms with Gasteiger partial charge in [0.25, 0.3) is 0 Å². The SMILES string of the molecule is O=C(NCCC1CCCCC1)C1CCCN1. The van der Waals surface area contributed by atoms with Crippen molar-refractivity contribution in [1.82, 2.24) is 10.6 Å². The molecule has 1 saturated heterocycles. The highest BCUT2D eigenvalue weighted by molar-refractivity contribution is 5.81. The van der Waals surface area contributed by atoms with Crippen molar-refractivity contribution < 1.29 is 4.79 Å². The zero-order valence-corrected chi connectivity index (χ0v) is 10.1. The topological polar surface area (TPSA) is 41.1 Å². The quantitative estimate of drug-likeness (QED) is 0.765. The van der Waals surface area contributed by atoms with E-state index in [4.69, 9.17) is 0 Å². The van der Waals surface area contributed by atoms with Gasteiger partial charge in [-0.25, -0.2) is 0 Å². The van der Waals surface area contributed by atoms with Crippen molar-refractivity contribution in [2.24, 2.45) is 5.92 Å². The molecule has 92 valence electrons. The second kappa shape index (κ2) is 6.24. The standard InChI is InChI=1S/C13H24N2O/c16-13(12-7-4-9-14-12)15-10-8-11-5-2-1-3-6-11/h11-12,14H,1-10H2,(H,15,16). The maximum Gasteiger partial charge on any atom is 0.237 e. The van der Waals surface area contributed by atoms with Crippen molar-refractivity contribution in [2.45, 2.75) is 57.4 Å². The van der Waals surface area contributed by atoms with E-state index in [0.29, 0.717) is 0 Å². The Morgan fingerprint density at radius 1 is 1.12 bits per heavy atom. The number of carbonyl (C=O) groups excluding carboxylic acids is 1. The molecule has 1 aliphatic carbocycles. The molecular formula is C13H24N2O. The Labute approximate surface area is 98.4 Å². The minimum atomic E-state index is 0.0892. The van der Waals surface area contributed by atoms with Crippen LogP contribution in [0.4, 0.5) is 0 Å². The minimum Gasteiger partial charge on any atom is -0.355 e. The average Bonchev–Trinajstić information content (AvgIpc) is 2.84. The summed E-state index contributed by atoms with van der Waals surface area (Å²) < 4.78 is 0. The van der Waals surface area contributed by atoms with Crippen LogP contribution in [0.5, 0.6) is 0 Å². The summed E-state index contributed by atoms with van der Waals surface area (Å²) in [5, 5.41) is 6.30. The molecular weight excluding hydrogens is 200 g/mol. The summed E-state index contributed by atoms with van der Waals surface area (Å²) in [4.78, 5) is 11.7. The molecule has 0 aromatic heterocycles. The van der Waals surface area contributed by atoms with Gasteiger partial charge in [-0.1, -0.05) is 32.1 Å². The predicted molar refractivity (Wildman–Crippen MR) is 65.2 cm³/mol. The van der Waals surface area contributed by atoms with E-state index in [-0.39, 0.29) is 11.9 Å². The van der Waals surface area contributed by atoms with Gasteiger partial charge in [0.05, 0.1) is 6.04 Å². The van der Waals surface area contributed by atoms with Gasteiger partial charge >= 0.3 is 0 Å². The lowest BCUT2D eigenvalue weighted by molar-refractivity contribution is -0.122. The van der Waals surface area contributed by atoms with E-state index in [1.165, 1.54) is 38.5 Å². The molecule has 2 N–H and O–H groups in total. The molecule has 0 spiro atoms. The molecule has 2 fully saturated rings. The predicted octanol–water partition coefficient (Wildman–Crippen LogP) is 1.82. The van der Waals surface area contributed by atoms with Gasteiger partial charge in [-0.05, 0) is 31.7 Å². The molecule has 0 aromatic rings. The number of hydrogen-bond donors (Lipinski definition) is 2. The number of hydrogen-bond acceptors (Lipinski definition) is 2. The Balaban J connectivity index is 1.57. The second-order valence-corrected chi connectivity index (χ2v) is 5.23. The van der Waals surface area contributed by atoms with Gasteiger partial charge < -0.3 is 10.6 Å². The zero-order valence-electron chi connectivity index (χ0n) is 10.1. The summed E-state index contributed by atoms with van der Waals surface area (Å²) in [5.41, 5.74) is 0. The van der Waals surface area contributed by atoms with Crippen LogP contribution in [0.3, 0.4) is 0 Å². The van der Waals surface area contributed by atoms with Crippen LogP contribution in [-0.4, -0.2) is 25.0 Å². The monoisotopic (exact) mass is 224 g/mol. The van der Waals surface area contributed by atoms with Crippen LogP contribution in [0.1, 0.15) is 51.4 Å². The van der Waals surface area contributed by atoms with Gasteiger partial charge in [-0.15, -0.1) is 0 Å². The molecule has 16 heavy (non-hydrogen) atoms. The largest absolute Gasteiger partial charge is 0.355 e. The van der Waals surface area contributed by atoms with Crippen LogP contribution < -0.4 is 10.6 Å². The first-order valence-corrected chi connectivity index (χ1v) is 6.87. The van der Waals surface area contributed by atoms with Crippen molar-refractivity contribution in [3.05, 3.63) is 0 Å². The highest BCUT2D eigenvalue weighted by atomic mass is 16.2. The Morgan fingerprint density at radius 3 is 2.62 bits per heavy atom. The van der Waals surface area contributed by atoms with E-state index in [0.717, 1.165) is 31.8 Å². The lowest BCUT2D eigenvalue weighted by atomic mass is 9.87. The molecule has 0 bridgehead atoms. The number of nitrogens with one attached hydrogen (secondary N) is 2. The second-order valence-electron chi connectivity index (χ2n) is 5.23. The third-order valence-electron chi connectivity index (χ3n) is 3.95. The summed E-state index contributed by atoms with van der Waals surface area (Å²) in [6.45, 7) is 1.88. The van der Waals surface area contributed by atoms with Crippen LogP contribution in [-0.2, 0) is 4.79 Å². The van der Waals surface area contributed by atoms with E-state index >= 15 is 0 Å². The highest BCUT2D eigenvalue weighted by Gasteiger charge is 2.21. The van der Waals surface area contributed by atoms with Crippen LogP contribution >= 0.6 is 0 Å². The van der Waals surface area contributed by atoms with Crippen molar-refractivity contribution >= 4 is 5.91 Å². The van der Waals surface area contributed by atoms with Crippen LogP contribution in [0.2, 0.25) is 0 Å². The third kappa shape index (κ3) is 3.48. The minimum absolute atomic E-state index is 0.0892. The Kier molecular flexibility index (Phi) is 4.64. The fraction of sp³-hybridized carbons (Fsp3) is 0.923. The van der Waals surface area contributed by atoms with Crippen LogP contribution in [0, 0.1) is 5.92 Å². The molecule has 1 saturated carbocycles. The molecule has 1 heterocycles. The number of amides is 1. The first kappa shape index (κ1) is 11.9. The normalized spacial score (nSPS) is 26.9. The average molecular weight is 224 g/mol. The van der Waals surface area contributed by atoms with E-state index in [1.807, 2.05) is 0 Å². The summed E-state index contributed by atoms with van der Waals surface area (Å²) in [7, 11) is 0. The molecule has 1 unspecified atom stereocenters. The van der Waals surface area contributed by atoms with E-state index in [2.05, 4.69) is 10.6 Å². The first-order valence-electron chi connectivity index (χ1n) is 6.87. The number of carbonyl (C=O) groups is 1. The third-order valence-corrected chi connectivity index (χ3v) is 3.95. The molecule has 2 aliphatic rings. The molecule has 2 rings (SSSR count). The summed E-state index contributed by atoms with van der Waals surface area (Å²) in [6.07, 6.45) is 10.3. The van der Waals surface area contributed by atoms with Gasteiger partial charge in [0.1, 0.15) is 0 Å². The van der Waals surface area contributed by atoms with Crippen LogP contribution in [0.25, 0.3) is 0 Å². The Bertz CT molecular complexity index is 218. The van der Waals surface area contributed by atoms with Gasteiger partial charge in [0.2, 0.25) is 5.91 Å². The molecule has 1 atom stereocenters. The molecule has 3 heteroatoms. The van der Waals surface area contributed by atoms with Crippen molar-refractivity contribution in [1.29, 1.82) is 0 Å². The number of rotatable bonds is 4. The molecule has 3 nitrogen and oxygen atoms in total. The fourth-order valence-corrected chi connectivity index (χ4v) is 2.91. The summed E-state index contributed by atoms with van der Waals surface area (Å²) >= 11 is 0. The highest BCUT2D eigenvalue weighted by Crippen LogP contribution is 2.25. The van der Waals surface area contributed by atoms with Crippen molar-refractivity contribution in [2.75, 3.05) is 13.1 Å². The van der Waals surface area contributed by atoms with Gasteiger partial charge in [-0.2, -0.15) is 0 Å². The molecule has 0 aromatic carbocycles. The molecule has 1 amide bonds. The maximum absolute atomic E-state index is 11.7. The summed E-state index contributed by atoms with van der Waals surface area (Å²) in [5.74, 6) is 1.08. The van der Waals surface area contributed by atoms with E-state index in [1.54, 1.807) is 0 Å². The Morgan fingerprint density at radius 2 is 1.94 bits per heavy atom. The lowest BCUT2D eigenvalue weighted by Crippen LogP contribution is -2.41. The maximum atomic E-state index is 11.7. The first-order chi connectivity index (χ1) is 7.86.